The largest absolute Gasteiger partial charge is 0.487 e. The summed E-state index contributed by atoms with van der Waals surface area (Å²) in [5, 5.41) is 11.4. The van der Waals surface area contributed by atoms with E-state index in [-0.39, 0.29) is 30.0 Å². The third-order valence-electron chi connectivity index (χ3n) is 5.35. The smallest absolute Gasteiger partial charge is 0.191 e. The predicted molar refractivity (Wildman–Crippen MR) is 144 cm³/mol. The molecule has 0 saturated carbocycles. The van der Waals surface area contributed by atoms with Crippen LogP contribution in [0.3, 0.4) is 0 Å². The second kappa shape index (κ2) is 13.2. The van der Waals surface area contributed by atoms with Crippen LogP contribution < -0.4 is 15.4 Å². The summed E-state index contributed by atoms with van der Waals surface area (Å²) in [5.41, 5.74) is 5.63. The van der Waals surface area contributed by atoms with E-state index in [0.717, 1.165) is 41.6 Å². The molecular weight excluding hydrogens is 527 g/mol. The van der Waals surface area contributed by atoms with E-state index in [0.29, 0.717) is 13.2 Å². The molecule has 3 rings (SSSR count). The number of aryl methyl sites for hydroxylation is 2. The van der Waals surface area contributed by atoms with Crippen LogP contribution in [0.15, 0.2) is 53.7 Å². The number of rotatable bonds is 9. The Morgan fingerprint density at radius 3 is 2.52 bits per heavy atom. The van der Waals surface area contributed by atoms with Crippen molar-refractivity contribution >= 4 is 29.9 Å². The molecule has 0 spiro atoms. The number of aliphatic imine (C=N–C) groups is 1. The highest BCUT2D eigenvalue weighted by Crippen LogP contribution is 2.15. The Bertz CT molecular complexity index is 1020. The molecule has 0 amide bonds. The third-order valence-corrected chi connectivity index (χ3v) is 5.35. The lowest BCUT2D eigenvalue weighted by atomic mass is 10.1. The summed E-state index contributed by atoms with van der Waals surface area (Å²) in [4.78, 5) is 9.04. The van der Waals surface area contributed by atoms with Crippen molar-refractivity contribution in [2.24, 2.45) is 12.0 Å². The van der Waals surface area contributed by atoms with Gasteiger partial charge in [0, 0.05) is 31.5 Å². The van der Waals surface area contributed by atoms with Crippen molar-refractivity contribution < 1.29 is 4.74 Å². The molecule has 8 heteroatoms. The second-order valence-corrected chi connectivity index (χ2v) is 7.97. The quantitative estimate of drug-likeness (QED) is 0.231. The van der Waals surface area contributed by atoms with Crippen molar-refractivity contribution in [3.8, 4) is 5.75 Å². The standard InChI is InChI=1S/C25H34N6O.HI/c1-6-26-25(29-18(2)15-24-19(3)30-31(5)20(24)4)28-16-21-10-12-23(13-11-21)32-17-22-9-7-8-14-27-22;/h7-14,18H,6,15-17H2,1-5H3,(H2,26,28,29);1H. The van der Waals surface area contributed by atoms with Gasteiger partial charge in [-0.05, 0) is 69.5 Å². The Kier molecular flexibility index (Phi) is 10.6. The van der Waals surface area contributed by atoms with Gasteiger partial charge in [0.15, 0.2) is 5.96 Å². The maximum atomic E-state index is 5.81. The van der Waals surface area contributed by atoms with Gasteiger partial charge < -0.3 is 15.4 Å². The van der Waals surface area contributed by atoms with E-state index in [1.165, 1.54) is 11.3 Å². The Balaban J connectivity index is 0.00000385. The predicted octanol–water partition coefficient (Wildman–Crippen LogP) is 4.32. The average Bonchev–Trinajstić information content (AvgIpc) is 3.03. The second-order valence-electron chi connectivity index (χ2n) is 7.97. The highest BCUT2D eigenvalue weighted by Gasteiger charge is 2.14. The molecule has 3 aromatic rings. The van der Waals surface area contributed by atoms with Crippen molar-refractivity contribution in [2.45, 2.75) is 53.3 Å². The number of nitrogens with one attached hydrogen (secondary N) is 2. The first-order chi connectivity index (χ1) is 15.5. The van der Waals surface area contributed by atoms with E-state index >= 15 is 0 Å². The fraction of sp³-hybridized carbons (Fsp3) is 0.400. The molecule has 1 unspecified atom stereocenters. The van der Waals surface area contributed by atoms with Crippen molar-refractivity contribution in [1.29, 1.82) is 0 Å². The first-order valence-electron chi connectivity index (χ1n) is 11.1. The molecule has 1 atom stereocenters. The summed E-state index contributed by atoms with van der Waals surface area (Å²) in [6.45, 7) is 10.3. The van der Waals surface area contributed by atoms with Crippen LogP contribution >= 0.6 is 24.0 Å². The van der Waals surface area contributed by atoms with Crippen LogP contribution in [-0.2, 0) is 26.6 Å². The molecule has 2 N–H and O–H groups in total. The van der Waals surface area contributed by atoms with Crippen LogP contribution in [0.25, 0.3) is 0 Å². The van der Waals surface area contributed by atoms with Crippen LogP contribution in [0.1, 0.15) is 42.1 Å². The van der Waals surface area contributed by atoms with Crippen molar-refractivity contribution in [2.75, 3.05) is 6.54 Å². The summed E-state index contributed by atoms with van der Waals surface area (Å²) in [6, 6.07) is 14.1. The highest BCUT2D eigenvalue weighted by atomic mass is 127. The summed E-state index contributed by atoms with van der Waals surface area (Å²) < 4.78 is 7.76. The van der Waals surface area contributed by atoms with Crippen LogP contribution in [-0.4, -0.2) is 33.3 Å². The topological polar surface area (TPSA) is 76.4 Å². The fourth-order valence-electron chi connectivity index (χ4n) is 3.53. The first-order valence-corrected chi connectivity index (χ1v) is 11.1. The molecular formula is C25H35IN6O. The number of nitrogens with zero attached hydrogens (tertiary/aromatic N) is 4. The summed E-state index contributed by atoms with van der Waals surface area (Å²) >= 11 is 0. The van der Waals surface area contributed by atoms with Gasteiger partial charge in [0.2, 0.25) is 0 Å². The first kappa shape index (κ1) is 26.6. The van der Waals surface area contributed by atoms with Crippen LogP contribution in [0, 0.1) is 13.8 Å². The van der Waals surface area contributed by atoms with Gasteiger partial charge in [0.25, 0.3) is 0 Å². The lowest BCUT2D eigenvalue weighted by Gasteiger charge is -2.18. The van der Waals surface area contributed by atoms with E-state index in [1.807, 2.05) is 54.2 Å². The molecule has 1 aromatic carbocycles. The highest BCUT2D eigenvalue weighted by molar-refractivity contribution is 14.0. The fourth-order valence-corrected chi connectivity index (χ4v) is 3.53. The third kappa shape index (κ3) is 8.03. The molecule has 33 heavy (non-hydrogen) atoms. The zero-order chi connectivity index (χ0) is 22.9. The van der Waals surface area contributed by atoms with Gasteiger partial charge in [-0.1, -0.05) is 18.2 Å². The minimum absolute atomic E-state index is 0. The maximum absolute atomic E-state index is 5.81. The number of halogens is 1. The van der Waals surface area contributed by atoms with Gasteiger partial charge in [-0.15, -0.1) is 24.0 Å². The number of benzene rings is 1. The van der Waals surface area contributed by atoms with Gasteiger partial charge in [0.1, 0.15) is 12.4 Å². The van der Waals surface area contributed by atoms with Gasteiger partial charge in [0.05, 0.1) is 17.9 Å². The van der Waals surface area contributed by atoms with Crippen molar-refractivity contribution in [1.82, 2.24) is 25.4 Å². The number of guanidine groups is 1. The Morgan fingerprint density at radius 2 is 1.91 bits per heavy atom. The summed E-state index contributed by atoms with van der Waals surface area (Å²) in [5.74, 6) is 1.64. The van der Waals surface area contributed by atoms with Crippen LogP contribution in [0.5, 0.6) is 5.75 Å². The molecule has 0 aliphatic carbocycles. The normalized spacial score (nSPS) is 12.1. The number of pyridine rings is 1. The van der Waals surface area contributed by atoms with E-state index < -0.39 is 0 Å². The van der Waals surface area contributed by atoms with E-state index in [2.05, 4.69) is 48.4 Å². The zero-order valence-electron chi connectivity index (χ0n) is 20.1. The van der Waals surface area contributed by atoms with E-state index in [1.54, 1.807) is 6.20 Å². The summed E-state index contributed by atoms with van der Waals surface area (Å²) in [7, 11) is 1.99. The van der Waals surface area contributed by atoms with Crippen molar-refractivity contribution in [3.63, 3.8) is 0 Å². The van der Waals surface area contributed by atoms with Crippen LogP contribution in [0.2, 0.25) is 0 Å². The molecule has 178 valence electrons. The Morgan fingerprint density at radius 1 is 1.15 bits per heavy atom. The van der Waals surface area contributed by atoms with Gasteiger partial charge in [-0.2, -0.15) is 5.10 Å². The number of hydrogen-bond donors (Lipinski definition) is 2. The molecule has 0 saturated heterocycles. The molecule has 0 aliphatic heterocycles. The van der Waals surface area contributed by atoms with Crippen molar-refractivity contribution in [3.05, 3.63) is 76.9 Å². The van der Waals surface area contributed by atoms with Gasteiger partial charge in [-0.3, -0.25) is 9.67 Å². The lowest BCUT2D eigenvalue weighted by molar-refractivity contribution is 0.301. The molecule has 0 aliphatic rings. The maximum Gasteiger partial charge on any atom is 0.191 e. The number of aromatic nitrogens is 3. The minimum atomic E-state index is 0. The lowest BCUT2D eigenvalue weighted by Crippen LogP contribution is -2.43. The zero-order valence-corrected chi connectivity index (χ0v) is 22.5. The number of hydrogen-bond acceptors (Lipinski definition) is 4. The van der Waals surface area contributed by atoms with Gasteiger partial charge >= 0.3 is 0 Å². The van der Waals surface area contributed by atoms with Crippen LogP contribution in [0.4, 0.5) is 0 Å². The average molecular weight is 563 g/mol. The molecule has 2 aromatic heterocycles. The summed E-state index contributed by atoms with van der Waals surface area (Å²) in [6.07, 6.45) is 2.67. The molecule has 0 radical (unpaired) electrons. The Labute approximate surface area is 214 Å². The van der Waals surface area contributed by atoms with Gasteiger partial charge in [-0.25, -0.2) is 4.99 Å². The van der Waals surface area contributed by atoms with E-state index in [4.69, 9.17) is 9.73 Å². The van der Waals surface area contributed by atoms with E-state index in [9.17, 15) is 0 Å². The molecule has 7 nitrogen and oxygen atoms in total. The SMILES string of the molecule is CCNC(=NCc1ccc(OCc2ccccn2)cc1)NC(C)Cc1c(C)nn(C)c1C.I. The Hall–Kier alpha value is -2.62. The number of ether oxygens (including phenoxy) is 1. The minimum Gasteiger partial charge on any atom is -0.487 e. The monoisotopic (exact) mass is 562 g/mol. The molecule has 0 fully saturated rings. The molecule has 2 heterocycles. The molecule has 0 bridgehead atoms.